The third kappa shape index (κ3) is 4.59. The summed E-state index contributed by atoms with van der Waals surface area (Å²) in [6, 6.07) is 13.4. The van der Waals surface area contributed by atoms with E-state index in [1.807, 2.05) is 30.5 Å². The minimum Gasteiger partial charge on any atom is -0.403 e. The van der Waals surface area contributed by atoms with E-state index in [1.165, 1.54) is 24.3 Å². The van der Waals surface area contributed by atoms with Crippen LogP contribution < -0.4 is 5.32 Å². The lowest BCUT2D eigenvalue weighted by molar-refractivity contribution is -0.384. The van der Waals surface area contributed by atoms with E-state index >= 15 is 0 Å². The molecule has 1 amide bonds. The smallest absolute Gasteiger partial charge is 0.322 e. The minimum absolute atomic E-state index is 0.0134. The molecule has 27 heavy (non-hydrogen) atoms. The minimum atomic E-state index is -0.484. The molecule has 0 saturated carbocycles. The van der Waals surface area contributed by atoms with E-state index in [-0.39, 0.29) is 11.7 Å². The molecule has 0 fully saturated rings. The van der Waals surface area contributed by atoms with Gasteiger partial charge < -0.3 is 4.42 Å². The Balaban J connectivity index is 1.66. The highest BCUT2D eigenvalue weighted by Crippen LogP contribution is 2.29. The van der Waals surface area contributed by atoms with Crippen molar-refractivity contribution in [2.24, 2.45) is 0 Å². The maximum absolute atomic E-state index is 12.0. The normalized spacial score (nSPS) is 10.9. The SMILES string of the molecule is CSc1ccccc1-c1nnc(NC(=O)C=Cc2ccc([N+](=O)[O-])cc2)o1. The molecule has 0 aliphatic heterocycles. The van der Waals surface area contributed by atoms with Crippen molar-refractivity contribution in [1.82, 2.24) is 10.2 Å². The standard InChI is InChI=1S/C18H14N4O4S/c1-27-15-5-3-2-4-14(15)17-20-21-18(26-17)19-16(23)11-8-12-6-9-13(10-7-12)22(24)25/h2-11H,1H3,(H,19,21,23). The first kappa shape index (κ1) is 18.3. The fraction of sp³-hybridized carbons (Fsp3) is 0.0556. The second kappa shape index (κ2) is 8.28. The van der Waals surface area contributed by atoms with Crippen molar-refractivity contribution in [3.8, 4) is 11.5 Å². The van der Waals surface area contributed by atoms with Crippen molar-refractivity contribution in [3.05, 3.63) is 70.3 Å². The molecular formula is C18H14N4O4S. The van der Waals surface area contributed by atoms with Gasteiger partial charge in [0.1, 0.15) is 0 Å². The topological polar surface area (TPSA) is 111 Å². The Bertz CT molecular complexity index is 999. The van der Waals surface area contributed by atoms with Crippen LogP contribution in [0.2, 0.25) is 0 Å². The number of rotatable bonds is 6. The number of hydrogen-bond acceptors (Lipinski definition) is 7. The Kier molecular flexibility index (Phi) is 5.62. The van der Waals surface area contributed by atoms with E-state index in [0.29, 0.717) is 11.5 Å². The fourth-order valence-electron chi connectivity index (χ4n) is 2.23. The Morgan fingerprint density at radius 3 is 2.63 bits per heavy atom. The molecule has 8 nitrogen and oxygen atoms in total. The molecule has 1 aromatic heterocycles. The van der Waals surface area contributed by atoms with Gasteiger partial charge in [-0.3, -0.25) is 20.2 Å². The molecule has 1 N–H and O–H groups in total. The molecular weight excluding hydrogens is 368 g/mol. The lowest BCUT2D eigenvalue weighted by Crippen LogP contribution is -2.07. The molecule has 0 aliphatic rings. The van der Waals surface area contributed by atoms with Crippen LogP contribution in [-0.4, -0.2) is 27.3 Å². The monoisotopic (exact) mass is 382 g/mol. The number of carbonyl (C=O) groups is 1. The van der Waals surface area contributed by atoms with Gasteiger partial charge in [0.25, 0.3) is 17.5 Å². The Morgan fingerprint density at radius 1 is 1.19 bits per heavy atom. The Hall–Kier alpha value is -3.46. The number of aromatic nitrogens is 2. The first-order chi connectivity index (χ1) is 13.1. The summed E-state index contributed by atoms with van der Waals surface area (Å²) in [4.78, 5) is 23.1. The number of nitrogens with one attached hydrogen (secondary N) is 1. The zero-order chi connectivity index (χ0) is 19.2. The summed E-state index contributed by atoms with van der Waals surface area (Å²) in [5.41, 5.74) is 1.43. The van der Waals surface area contributed by atoms with Crippen molar-refractivity contribution >= 4 is 35.4 Å². The van der Waals surface area contributed by atoms with Gasteiger partial charge in [0.05, 0.1) is 10.5 Å². The summed E-state index contributed by atoms with van der Waals surface area (Å²) in [7, 11) is 0. The van der Waals surface area contributed by atoms with E-state index in [0.717, 1.165) is 10.5 Å². The van der Waals surface area contributed by atoms with E-state index < -0.39 is 10.8 Å². The predicted molar refractivity (Wildman–Crippen MR) is 102 cm³/mol. The average molecular weight is 382 g/mol. The molecule has 0 unspecified atom stereocenters. The van der Waals surface area contributed by atoms with Crippen LogP contribution in [0.1, 0.15) is 5.56 Å². The Labute approximate surface area is 158 Å². The van der Waals surface area contributed by atoms with Crippen molar-refractivity contribution in [2.75, 3.05) is 11.6 Å². The predicted octanol–water partition coefficient (Wildman–Crippen LogP) is 4.02. The summed E-state index contributed by atoms with van der Waals surface area (Å²) < 4.78 is 5.50. The van der Waals surface area contributed by atoms with Gasteiger partial charge in [-0.25, -0.2) is 0 Å². The molecule has 1 heterocycles. The molecule has 0 radical (unpaired) electrons. The molecule has 3 aromatic rings. The molecule has 0 saturated heterocycles. The van der Waals surface area contributed by atoms with Crippen LogP contribution >= 0.6 is 11.8 Å². The van der Waals surface area contributed by atoms with Crippen molar-refractivity contribution in [2.45, 2.75) is 4.90 Å². The van der Waals surface area contributed by atoms with Crippen LogP contribution in [0.4, 0.5) is 11.7 Å². The molecule has 0 bridgehead atoms. The second-order valence-corrected chi connectivity index (χ2v) is 6.13. The number of benzene rings is 2. The number of hydrogen-bond donors (Lipinski definition) is 1. The number of carbonyl (C=O) groups excluding carboxylic acids is 1. The van der Waals surface area contributed by atoms with Gasteiger partial charge in [0.15, 0.2) is 0 Å². The first-order valence-corrected chi connectivity index (χ1v) is 8.99. The maximum Gasteiger partial charge on any atom is 0.322 e. The summed E-state index contributed by atoms with van der Waals surface area (Å²) in [5.74, 6) is -0.142. The highest BCUT2D eigenvalue weighted by atomic mass is 32.2. The van der Waals surface area contributed by atoms with E-state index in [4.69, 9.17) is 4.42 Å². The number of nitro benzene ring substituents is 1. The van der Waals surface area contributed by atoms with Crippen LogP contribution in [-0.2, 0) is 4.79 Å². The van der Waals surface area contributed by atoms with Gasteiger partial charge in [-0.1, -0.05) is 17.2 Å². The molecule has 136 valence electrons. The van der Waals surface area contributed by atoms with Crippen molar-refractivity contribution in [1.29, 1.82) is 0 Å². The molecule has 9 heteroatoms. The van der Waals surface area contributed by atoms with E-state index in [9.17, 15) is 14.9 Å². The van der Waals surface area contributed by atoms with Gasteiger partial charge in [-0.05, 0) is 42.2 Å². The molecule has 3 rings (SSSR count). The third-order valence-corrected chi connectivity index (χ3v) is 4.32. The van der Waals surface area contributed by atoms with Crippen LogP contribution in [0.25, 0.3) is 17.5 Å². The number of anilines is 1. The van der Waals surface area contributed by atoms with Gasteiger partial charge >= 0.3 is 6.01 Å². The highest BCUT2D eigenvalue weighted by Gasteiger charge is 2.13. The molecule has 2 aromatic carbocycles. The molecule has 0 spiro atoms. The van der Waals surface area contributed by atoms with Crippen LogP contribution in [0, 0.1) is 10.1 Å². The van der Waals surface area contributed by atoms with Gasteiger partial charge in [-0.15, -0.1) is 16.9 Å². The average Bonchev–Trinajstić information content (AvgIpc) is 3.14. The first-order valence-electron chi connectivity index (χ1n) is 7.77. The lowest BCUT2D eigenvalue weighted by Gasteiger charge is -2.01. The van der Waals surface area contributed by atoms with Gasteiger partial charge in [0.2, 0.25) is 0 Å². The third-order valence-electron chi connectivity index (χ3n) is 3.52. The number of thioether (sulfide) groups is 1. The summed E-state index contributed by atoms with van der Waals surface area (Å²) in [6.45, 7) is 0. The van der Waals surface area contributed by atoms with Gasteiger partial charge in [-0.2, -0.15) is 0 Å². The van der Waals surface area contributed by atoms with Crippen LogP contribution in [0.3, 0.4) is 0 Å². The zero-order valence-corrected chi connectivity index (χ0v) is 15.0. The second-order valence-electron chi connectivity index (χ2n) is 5.28. The number of nitro groups is 1. The Morgan fingerprint density at radius 2 is 1.93 bits per heavy atom. The van der Waals surface area contributed by atoms with Gasteiger partial charge in [0, 0.05) is 23.1 Å². The number of nitrogens with zero attached hydrogens (tertiary/aromatic N) is 3. The maximum atomic E-state index is 12.0. The largest absolute Gasteiger partial charge is 0.403 e. The number of non-ortho nitro benzene ring substituents is 1. The van der Waals surface area contributed by atoms with E-state index in [1.54, 1.807) is 23.9 Å². The highest BCUT2D eigenvalue weighted by molar-refractivity contribution is 7.98. The quantitative estimate of drug-likeness (QED) is 0.297. The summed E-state index contributed by atoms with van der Waals surface area (Å²) in [5, 5.41) is 20.9. The number of amides is 1. The van der Waals surface area contributed by atoms with Crippen LogP contribution in [0.15, 0.2) is 63.9 Å². The molecule has 0 aliphatic carbocycles. The van der Waals surface area contributed by atoms with E-state index in [2.05, 4.69) is 15.5 Å². The van der Waals surface area contributed by atoms with Crippen LogP contribution in [0.5, 0.6) is 0 Å². The lowest BCUT2D eigenvalue weighted by atomic mass is 10.2. The zero-order valence-electron chi connectivity index (χ0n) is 14.2. The fourth-order valence-corrected chi connectivity index (χ4v) is 2.82. The summed E-state index contributed by atoms with van der Waals surface area (Å²) >= 11 is 1.55. The van der Waals surface area contributed by atoms with Crippen molar-refractivity contribution in [3.63, 3.8) is 0 Å². The summed E-state index contributed by atoms with van der Waals surface area (Å²) in [6.07, 6.45) is 4.75. The molecule has 0 atom stereocenters. The van der Waals surface area contributed by atoms with Crippen molar-refractivity contribution < 1.29 is 14.1 Å².